The number of anilines is 1. The lowest BCUT2D eigenvalue weighted by molar-refractivity contribution is 0.311. The largest absolute Gasteiger partial charge is 0.493 e. The van der Waals surface area contributed by atoms with Crippen LogP contribution >= 0.6 is 35.6 Å². The van der Waals surface area contributed by atoms with Gasteiger partial charge in [-0.15, -0.1) is 24.0 Å². The molecule has 0 aliphatic rings. The Morgan fingerprint density at radius 1 is 1.13 bits per heavy atom. The molecule has 2 aromatic rings. The van der Waals surface area contributed by atoms with E-state index in [1.807, 2.05) is 13.0 Å². The SMILES string of the molecule is CCOc1ccc(NC(=NC)NCCNS(=O)(=O)c2cccc(Cl)c2)cc1OC.I. The molecule has 0 aliphatic heterocycles. The van der Waals surface area contributed by atoms with Gasteiger partial charge in [0, 0.05) is 36.9 Å². The second-order valence-electron chi connectivity index (χ2n) is 5.78. The van der Waals surface area contributed by atoms with Gasteiger partial charge in [0.05, 0.1) is 18.6 Å². The average molecular weight is 569 g/mol. The van der Waals surface area contributed by atoms with E-state index in [2.05, 4.69) is 20.3 Å². The summed E-state index contributed by atoms with van der Waals surface area (Å²) in [4.78, 5) is 4.25. The predicted octanol–water partition coefficient (Wildman–Crippen LogP) is 3.33. The van der Waals surface area contributed by atoms with Gasteiger partial charge in [0.1, 0.15) is 0 Å². The van der Waals surface area contributed by atoms with E-state index in [0.717, 1.165) is 5.69 Å². The van der Waals surface area contributed by atoms with Crippen molar-refractivity contribution in [3.8, 4) is 11.5 Å². The summed E-state index contributed by atoms with van der Waals surface area (Å²) in [5, 5.41) is 6.52. The van der Waals surface area contributed by atoms with Crippen molar-refractivity contribution in [2.45, 2.75) is 11.8 Å². The number of nitrogens with zero attached hydrogens (tertiary/aromatic N) is 1. The highest BCUT2D eigenvalue weighted by Crippen LogP contribution is 2.30. The van der Waals surface area contributed by atoms with Crippen molar-refractivity contribution < 1.29 is 17.9 Å². The maximum absolute atomic E-state index is 12.3. The van der Waals surface area contributed by atoms with Crippen LogP contribution in [0, 0.1) is 0 Å². The van der Waals surface area contributed by atoms with Crippen LogP contribution in [0.2, 0.25) is 5.02 Å². The lowest BCUT2D eigenvalue weighted by Gasteiger charge is -2.15. The molecule has 0 saturated carbocycles. The highest BCUT2D eigenvalue weighted by molar-refractivity contribution is 14.0. The summed E-state index contributed by atoms with van der Waals surface area (Å²) >= 11 is 5.85. The molecule has 0 atom stereocenters. The summed E-state index contributed by atoms with van der Waals surface area (Å²) in [6, 6.07) is 11.5. The van der Waals surface area contributed by atoms with Gasteiger partial charge < -0.3 is 20.1 Å². The van der Waals surface area contributed by atoms with Gasteiger partial charge in [0.25, 0.3) is 0 Å². The van der Waals surface area contributed by atoms with Crippen LogP contribution in [0.1, 0.15) is 6.92 Å². The fourth-order valence-corrected chi connectivity index (χ4v) is 3.75. The number of sulfonamides is 1. The van der Waals surface area contributed by atoms with Crippen molar-refractivity contribution in [2.24, 2.45) is 4.99 Å². The number of halogens is 2. The predicted molar refractivity (Wildman–Crippen MR) is 131 cm³/mol. The quantitative estimate of drug-likeness (QED) is 0.186. The molecule has 0 aliphatic carbocycles. The topological polar surface area (TPSA) is 101 Å². The van der Waals surface area contributed by atoms with Gasteiger partial charge in [-0.1, -0.05) is 17.7 Å². The van der Waals surface area contributed by atoms with Gasteiger partial charge in [-0.05, 0) is 37.3 Å². The molecule has 2 rings (SSSR count). The Morgan fingerprint density at radius 2 is 1.90 bits per heavy atom. The summed E-state index contributed by atoms with van der Waals surface area (Å²) < 4.78 is 37.9. The third-order valence-electron chi connectivity index (χ3n) is 3.77. The van der Waals surface area contributed by atoms with Crippen LogP contribution in [0.5, 0.6) is 11.5 Å². The fraction of sp³-hybridized carbons (Fsp3) is 0.316. The number of rotatable bonds is 9. The first-order valence-electron chi connectivity index (χ1n) is 8.93. The summed E-state index contributed by atoms with van der Waals surface area (Å²) in [6.07, 6.45) is 0. The third-order valence-corrected chi connectivity index (χ3v) is 5.46. The van der Waals surface area contributed by atoms with Crippen LogP contribution in [-0.4, -0.2) is 48.2 Å². The molecular weight excluding hydrogens is 543 g/mol. The van der Waals surface area contributed by atoms with Gasteiger partial charge in [-0.2, -0.15) is 0 Å². The molecule has 166 valence electrons. The molecule has 30 heavy (non-hydrogen) atoms. The number of ether oxygens (including phenoxy) is 2. The average Bonchev–Trinajstić information content (AvgIpc) is 2.71. The van der Waals surface area contributed by atoms with Gasteiger partial charge in [0.2, 0.25) is 10.0 Å². The van der Waals surface area contributed by atoms with Crippen molar-refractivity contribution in [1.82, 2.24) is 10.0 Å². The first-order chi connectivity index (χ1) is 13.9. The monoisotopic (exact) mass is 568 g/mol. The Labute approximate surface area is 199 Å². The minimum Gasteiger partial charge on any atom is -0.493 e. The molecular formula is C19H26ClIN4O4S. The molecule has 8 nitrogen and oxygen atoms in total. The van der Waals surface area contributed by atoms with E-state index in [-0.39, 0.29) is 35.4 Å². The summed E-state index contributed by atoms with van der Waals surface area (Å²) in [6.45, 7) is 2.94. The van der Waals surface area contributed by atoms with Crippen LogP contribution in [0.25, 0.3) is 0 Å². The van der Waals surface area contributed by atoms with Crippen LogP contribution in [0.3, 0.4) is 0 Å². The Hall–Kier alpha value is -1.76. The number of hydrogen-bond acceptors (Lipinski definition) is 5. The van der Waals surface area contributed by atoms with E-state index in [1.54, 1.807) is 38.4 Å². The Bertz CT molecular complexity index is 957. The molecule has 0 aromatic heterocycles. The van der Waals surface area contributed by atoms with E-state index in [1.165, 1.54) is 12.1 Å². The highest BCUT2D eigenvalue weighted by Gasteiger charge is 2.13. The van der Waals surface area contributed by atoms with Crippen LogP contribution < -0.4 is 24.8 Å². The van der Waals surface area contributed by atoms with Gasteiger partial charge in [-0.3, -0.25) is 4.99 Å². The first kappa shape index (κ1) is 26.3. The van der Waals surface area contributed by atoms with Crippen molar-refractivity contribution in [3.05, 3.63) is 47.5 Å². The molecule has 0 radical (unpaired) electrons. The maximum atomic E-state index is 12.3. The summed E-state index contributed by atoms with van der Waals surface area (Å²) in [5.41, 5.74) is 0.748. The van der Waals surface area contributed by atoms with Crippen LogP contribution in [-0.2, 0) is 10.0 Å². The molecule has 2 aromatic carbocycles. The van der Waals surface area contributed by atoms with Crippen molar-refractivity contribution in [3.63, 3.8) is 0 Å². The standard InChI is InChI=1S/C19H25ClN4O4S.HI/c1-4-28-17-9-8-15(13-18(17)27-3)24-19(21-2)22-10-11-23-29(25,26)16-7-5-6-14(20)12-16;/h5-9,12-13,23H,4,10-11H2,1-3H3,(H2,21,22,24);1H. The molecule has 0 heterocycles. The minimum absolute atomic E-state index is 0. The molecule has 0 amide bonds. The Kier molecular flexibility index (Phi) is 11.2. The lowest BCUT2D eigenvalue weighted by Crippen LogP contribution is -2.37. The summed E-state index contributed by atoms with van der Waals surface area (Å²) in [7, 11) is -0.438. The molecule has 0 bridgehead atoms. The van der Waals surface area contributed by atoms with E-state index in [0.29, 0.717) is 35.6 Å². The van der Waals surface area contributed by atoms with E-state index >= 15 is 0 Å². The third kappa shape index (κ3) is 7.82. The highest BCUT2D eigenvalue weighted by atomic mass is 127. The molecule has 0 unspecified atom stereocenters. The van der Waals surface area contributed by atoms with E-state index in [9.17, 15) is 8.42 Å². The number of guanidine groups is 1. The smallest absolute Gasteiger partial charge is 0.240 e. The Morgan fingerprint density at radius 3 is 2.53 bits per heavy atom. The van der Waals surface area contributed by atoms with E-state index in [4.69, 9.17) is 21.1 Å². The summed E-state index contributed by atoms with van der Waals surface area (Å²) in [5.74, 6) is 1.73. The van der Waals surface area contributed by atoms with E-state index < -0.39 is 10.0 Å². The normalized spacial score (nSPS) is 11.4. The number of nitrogens with one attached hydrogen (secondary N) is 3. The number of hydrogen-bond donors (Lipinski definition) is 3. The van der Waals surface area contributed by atoms with Gasteiger partial charge in [-0.25, -0.2) is 13.1 Å². The Balaban J connectivity index is 0.00000450. The zero-order valence-corrected chi connectivity index (χ0v) is 20.8. The molecule has 3 N–H and O–H groups in total. The van der Waals surface area contributed by atoms with Gasteiger partial charge in [0.15, 0.2) is 17.5 Å². The van der Waals surface area contributed by atoms with Gasteiger partial charge >= 0.3 is 0 Å². The van der Waals surface area contributed by atoms with Crippen molar-refractivity contribution in [2.75, 3.05) is 39.2 Å². The lowest BCUT2D eigenvalue weighted by atomic mass is 10.2. The fourth-order valence-electron chi connectivity index (χ4n) is 2.42. The van der Waals surface area contributed by atoms with Crippen molar-refractivity contribution in [1.29, 1.82) is 0 Å². The number of methoxy groups -OCH3 is 1. The molecule has 11 heteroatoms. The van der Waals surface area contributed by atoms with Crippen molar-refractivity contribution >= 4 is 57.2 Å². The van der Waals surface area contributed by atoms with Crippen LogP contribution in [0.4, 0.5) is 5.69 Å². The number of aliphatic imine (C=N–C) groups is 1. The minimum atomic E-state index is -3.63. The zero-order valence-electron chi connectivity index (χ0n) is 16.9. The van der Waals surface area contributed by atoms with Crippen LogP contribution in [0.15, 0.2) is 52.4 Å². The second-order valence-corrected chi connectivity index (χ2v) is 7.98. The zero-order chi connectivity index (χ0) is 21.3. The molecule has 0 saturated heterocycles. The first-order valence-corrected chi connectivity index (χ1v) is 10.8. The molecule has 0 spiro atoms. The maximum Gasteiger partial charge on any atom is 0.240 e. The second kappa shape index (κ2) is 12.8. The molecule has 0 fully saturated rings. The number of benzene rings is 2.